The van der Waals surface area contributed by atoms with Gasteiger partial charge in [-0.15, -0.1) is 0 Å². The molecule has 3 nitrogen and oxygen atoms in total. The molecule has 3 unspecified atom stereocenters. The number of ether oxygens (including phenoxy) is 1. The molecule has 4 bridgehead atoms. The van der Waals surface area contributed by atoms with Crippen LogP contribution in [0.25, 0.3) is 0 Å². The zero-order chi connectivity index (χ0) is 16.3. The predicted octanol–water partition coefficient (Wildman–Crippen LogP) is 3.25. The summed E-state index contributed by atoms with van der Waals surface area (Å²) >= 11 is 0. The minimum Gasteiger partial charge on any atom is -0.392 e. The van der Waals surface area contributed by atoms with E-state index in [-0.39, 0.29) is 29.1 Å². The molecule has 1 saturated carbocycles. The summed E-state index contributed by atoms with van der Waals surface area (Å²) in [5, 5.41) is 0. The minimum absolute atomic E-state index is 0.0777. The monoisotopic (exact) mass is 316 g/mol. The van der Waals surface area contributed by atoms with E-state index >= 15 is 0 Å². The van der Waals surface area contributed by atoms with Gasteiger partial charge in [-0.1, -0.05) is 72.3 Å². The van der Waals surface area contributed by atoms with Gasteiger partial charge in [0.05, 0.1) is 11.8 Å². The van der Waals surface area contributed by atoms with Crippen molar-refractivity contribution >= 4 is 11.9 Å². The van der Waals surface area contributed by atoms with Gasteiger partial charge in [0.2, 0.25) is 0 Å². The van der Waals surface area contributed by atoms with Crippen molar-refractivity contribution in [2.24, 2.45) is 17.8 Å². The van der Waals surface area contributed by atoms with Gasteiger partial charge in [-0.3, -0.25) is 9.59 Å². The number of carbonyl (C=O) groups is 2. The standard InChI is InChI=1S/C21H16O3/c22-19-16-11-13-12-21(14-7-3-1-4-8-14,15-9-5-2-6-10-15)18(16)17(13)20(23)24-19/h1-11,16-18H,12H2. The number of esters is 2. The van der Waals surface area contributed by atoms with Gasteiger partial charge in [-0.25, -0.2) is 0 Å². The second-order valence-electron chi connectivity index (χ2n) is 6.89. The molecule has 2 aliphatic carbocycles. The zero-order valence-corrected chi connectivity index (χ0v) is 13.0. The zero-order valence-electron chi connectivity index (χ0n) is 13.0. The number of hydrogen-bond acceptors (Lipinski definition) is 3. The molecular weight excluding hydrogens is 300 g/mol. The molecule has 2 fully saturated rings. The van der Waals surface area contributed by atoms with Crippen molar-refractivity contribution < 1.29 is 14.3 Å². The molecule has 2 aromatic rings. The van der Waals surface area contributed by atoms with Crippen molar-refractivity contribution in [2.45, 2.75) is 11.8 Å². The Kier molecular flexibility index (Phi) is 2.67. The summed E-state index contributed by atoms with van der Waals surface area (Å²) in [4.78, 5) is 24.7. The van der Waals surface area contributed by atoms with E-state index < -0.39 is 5.97 Å². The van der Waals surface area contributed by atoms with Gasteiger partial charge in [0.1, 0.15) is 0 Å². The van der Waals surface area contributed by atoms with E-state index in [4.69, 9.17) is 4.74 Å². The topological polar surface area (TPSA) is 43.4 Å². The highest BCUT2D eigenvalue weighted by Crippen LogP contribution is 2.64. The number of cyclic esters (lactones) is 2. The fourth-order valence-corrected chi connectivity index (χ4v) is 5.05. The Balaban J connectivity index is 1.78. The molecule has 118 valence electrons. The van der Waals surface area contributed by atoms with Gasteiger partial charge in [-0.05, 0) is 17.5 Å². The first-order chi connectivity index (χ1) is 11.7. The molecule has 0 amide bonds. The number of benzene rings is 2. The van der Waals surface area contributed by atoms with Crippen LogP contribution in [0.4, 0.5) is 0 Å². The van der Waals surface area contributed by atoms with Crippen molar-refractivity contribution in [3.8, 4) is 0 Å². The average molecular weight is 316 g/mol. The lowest BCUT2D eigenvalue weighted by atomic mass is 9.61. The number of hydrogen-bond donors (Lipinski definition) is 0. The van der Waals surface area contributed by atoms with Crippen LogP contribution in [0.15, 0.2) is 72.3 Å². The first kappa shape index (κ1) is 13.7. The SMILES string of the molecule is O=C1OC(=O)C2C3=CC1C2C(c1ccccc1)(c1ccccc1)C3. The van der Waals surface area contributed by atoms with Crippen molar-refractivity contribution in [3.63, 3.8) is 0 Å². The van der Waals surface area contributed by atoms with Crippen LogP contribution in [0.5, 0.6) is 0 Å². The van der Waals surface area contributed by atoms with Crippen LogP contribution in [0.2, 0.25) is 0 Å². The van der Waals surface area contributed by atoms with E-state index in [0.717, 1.165) is 12.0 Å². The van der Waals surface area contributed by atoms with E-state index in [9.17, 15) is 9.59 Å². The molecule has 3 aliphatic rings. The Hall–Kier alpha value is -2.68. The Labute approximate surface area is 140 Å². The van der Waals surface area contributed by atoms with Gasteiger partial charge in [0.15, 0.2) is 0 Å². The molecule has 3 heteroatoms. The van der Waals surface area contributed by atoms with Crippen LogP contribution in [0.1, 0.15) is 17.5 Å². The molecule has 24 heavy (non-hydrogen) atoms. The Morgan fingerprint density at radius 3 is 2.00 bits per heavy atom. The van der Waals surface area contributed by atoms with Crippen molar-refractivity contribution in [1.29, 1.82) is 0 Å². The maximum absolute atomic E-state index is 12.4. The first-order valence-corrected chi connectivity index (χ1v) is 8.29. The molecule has 1 saturated heterocycles. The lowest BCUT2D eigenvalue weighted by Crippen LogP contribution is -2.46. The normalized spacial score (nSPS) is 29.3. The van der Waals surface area contributed by atoms with Crippen LogP contribution < -0.4 is 0 Å². The van der Waals surface area contributed by atoms with Crippen molar-refractivity contribution in [3.05, 3.63) is 83.4 Å². The van der Waals surface area contributed by atoms with E-state index in [1.807, 2.05) is 42.5 Å². The number of rotatable bonds is 2. The highest BCUT2D eigenvalue weighted by atomic mass is 16.6. The van der Waals surface area contributed by atoms with Crippen molar-refractivity contribution in [2.75, 3.05) is 0 Å². The Morgan fingerprint density at radius 1 is 0.833 bits per heavy atom. The lowest BCUT2D eigenvalue weighted by Gasteiger charge is -2.42. The molecule has 2 aromatic carbocycles. The van der Waals surface area contributed by atoms with Gasteiger partial charge in [0, 0.05) is 11.3 Å². The van der Waals surface area contributed by atoms with E-state index in [2.05, 4.69) is 24.3 Å². The summed E-state index contributed by atoms with van der Waals surface area (Å²) in [6, 6.07) is 20.5. The van der Waals surface area contributed by atoms with Gasteiger partial charge in [0.25, 0.3) is 0 Å². The second-order valence-corrected chi connectivity index (χ2v) is 6.89. The third-order valence-corrected chi connectivity index (χ3v) is 5.90. The maximum atomic E-state index is 12.4. The lowest BCUT2D eigenvalue weighted by molar-refractivity contribution is -0.171. The minimum atomic E-state index is -0.396. The van der Waals surface area contributed by atoms with E-state index in [0.29, 0.717) is 0 Å². The fourth-order valence-electron chi connectivity index (χ4n) is 5.05. The summed E-state index contributed by atoms with van der Waals surface area (Å²) in [6.45, 7) is 0. The van der Waals surface area contributed by atoms with Gasteiger partial charge >= 0.3 is 11.9 Å². The summed E-state index contributed by atoms with van der Waals surface area (Å²) in [5.41, 5.74) is 3.06. The quantitative estimate of drug-likeness (QED) is 0.485. The fraction of sp³-hybridized carbons (Fsp3) is 0.238. The summed E-state index contributed by atoms with van der Waals surface area (Å²) in [6.07, 6.45) is 2.75. The predicted molar refractivity (Wildman–Crippen MR) is 87.9 cm³/mol. The molecule has 0 N–H and O–H groups in total. The molecule has 3 atom stereocenters. The average Bonchev–Trinajstić information content (AvgIpc) is 3.14. The first-order valence-electron chi connectivity index (χ1n) is 8.29. The molecule has 0 radical (unpaired) electrons. The third kappa shape index (κ3) is 1.57. The third-order valence-electron chi connectivity index (χ3n) is 5.90. The summed E-state index contributed by atoms with van der Waals surface area (Å²) < 4.78 is 4.99. The molecule has 1 heterocycles. The molecule has 5 rings (SSSR count). The molecule has 0 spiro atoms. The second kappa shape index (κ2) is 4.67. The summed E-state index contributed by atoms with van der Waals surface area (Å²) in [5.74, 6) is -1.46. The van der Waals surface area contributed by atoms with Gasteiger partial charge < -0.3 is 4.74 Å². The maximum Gasteiger partial charge on any atom is 0.321 e. The number of carbonyl (C=O) groups excluding carboxylic acids is 2. The Bertz CT molecular complexity index is 827. The van der Waals surface area contributed by atoms with Crippen LogP contribution >= 0.6 is 0 Å². The van der Waals surface area contributed by atoms with Crippen LogP contribution in [0.3, 0.4) is 0 Å². The molecular formula is C21H16O3. The van der Waals surface area contributed by atoms with Crippen LogP contribution in [0, 0.1) is 17.8 Å². The largest absolute Gasteiger partial charge is 0.392 e. The van der Waals surface area contributed by atoms with Crippen LogP contribution in [-0.4, -0.2) is 11.9 Å². The smallest absolute Gasteiger partial charge is 0.321 e. The van der Waals surface area contributed by atoms with E-state index in [1.54, 1.807) is 0 Å². The summed E-state index contributed by atoms with van der Waals surface area (Å²) in [7, 11) is 0. The van der Waals surface area contributed by atoms with Crippen molar-refractivity contribution in [1.82, 2.24) is 0 Å². The van der Waals surface area contributed by atoms with E-state index in [1.165, 1.54) is 11.1 Å². The molecule has 1 aliphatic heterocycles. The highest BCUT2D eigenvalue weighted by molar-refractivity contribution is 5.97. The highest BCUT2D eigenvalue weighted by Gasteiger charge is 2.65. The Morgan fingerprint density at radius 2 is 1.42 bits per heavy atom. The van der Waals surface area contributed by atoms with Gasteiger partial charge in [-0.2, -0.15) is 0 Å². The molecule has 0 aromatic heterocycles. The van der Waals surface area contributed by atoms with Crippen LogP contribution in [-0.2, 0) is 19.7 Å².